The van der Waals surface area contributed by atoms with Crippen LogP contribution in [0.25, 0.3) is 11.0 Å². The van der Waals surface area contributed by atoms with Crippen molar-refractivity contribution in [2.75, 3.05) is 0 Å². The van der Waals surface area contributed by atoms with Crippen LogP contribution in [0, 0.1) is 9.49 Å². The summed E-state index contributed by atoms with van der Waals surface area (Å²) >= 11 is 5.81. The van der Waals surface area contributed by atoms with E-state index in [1.807, 2.05) is 6.20 Å². The maximum absolute atomic E-state index is 4.47. The monoisotopic (exact) mass is 378 g/mol. The molecule has 0 fully saturated rings. The van der Waals surface area contributed by atoms with Crippen molar-refractivity contribution in [2.45, 2.75) is 20.4 Å². The van der Waals surface area contributed by atoms with Gasteiger partial charge in [-0.2, -0.15) is 0 Å². The number of hydrogen-bond acceptors (Lipinski definition) is 1. The van der Waals surface area contributed by atoms with Crippen LogP contribution >= 0.6 is 38.5 Å². The minimum Gasteiger partial charge on any atom is -0.331 e. The maximum Gasteiger partial charge on any atom is 0.141 e. The molecule has 2 heterocycles. The van der Waals surface area contributed by atoms with Gasteiger partial charge in [-0.3, -0.25) is 0 Å². The Kier molecular flexibility index (Phi) is 3.35. The van der Waals surface area contributed by atoms with Crippen LogP contribution in [0.15, 0.2) is 22.9 Å². The van der Waals surface area contributed by atoms with E-state index in [1.165, 1.54) is 8.96 Å². The van der Waals surface area contributed by atoms with Crippen molar-refractivity contribution in [3.63, 3.8) is 0 Å². The Morgan fingerprint density at radius 2 is 2.27 bits per heavy atom. The second kappa shape index (κ2) is 4.41. The molecule has 0 aliphatic carbocycles. The fourth-order valence-electron chi connectivity index (χ4n) is 1.64. The van der Waals surface area contributed by atoms with Crippen LogP contribution in [0.2, 0.25) is 0 Å². The molecule has 15 heavy (non-hydrogen) atoms. The number of nitrogens with zero attached hydrogens (tertiary/aromatic N) is 2. The molecule has 0 bridgehead atoms. The molecule has 2 rings (SSSR count). The predicted molar refractivity (Wildman–Crippen MR) is 75.0 cm³/mol. The van der Waals surface area contributed by atoms with Crippen LogP contribution in [-0.2, 0) is 6.54 Å². The van der Waals surface area contributed by atoms with Gasteiger partial charge in [0.15, 0.2) is 0 Å². The van der Waals surface area contributed by atoms with E-state index in [0.29, 0.717) is 5.92 Å². The molecule has 80 valence electrons. The largest absolute Gasteiger partial charge is 0.331 e. The molecule has 0 atom stereocenters. The standard InChI is InChI=1S/C11H12BrIN2/c1-7(2)5-15-6-10(13)9-3-8(12)4-14-11(9)15/h3-4,6-7H,5H2,1-2H3. The Balaban J connectivity index is 2.57. The highest BCUT2D eigenvalue weighted by molar-refractivity contribution is 14.1. The SMILES string of the molecule is CC(C)Cn1cc(I)c2cc(Br)cnc21. The van der Waals surface area contributed by atoms with Gasteiger partial charge in [-0.05, 0) is 50.5 Å². The second-order valence-corrected chi connectivity index (χ2v) is 6.13. The summed E-state index contributed by atoms with van der Waals surface area (Å²) in [5.74, 6) is 0.641. The number of fused-ring (bicyclic) bond motifs is 1. The molecule has 2 aromatic heterocycles. The molecule has 0 radical (unpaired) electrons. The Labute approximate surface area is 111 Å². The van der Waals surface area contributed by atoms with Crippen LogP contribution in [0.4, 0.5) is 0 Å². The first-order valence-electron chi connectivity index (χ1n) is 4.88. The van der Waals surface area contributed by atoms with Gasteiger partial charge in [-0.1, -0.05) is 13.8 Å². The maximum atomic E-state index is 4.47. The van der Waals surface area contributed by atoms with Gasteiger partial charge in [0.05, 0.1) is 0 Å². The summed E-state index contributed by atoms with van der Waals surface area (Å²) in [4.78, 5) is 4.47. The van der Waals surface area contributed by atoms with Crippen LogP contribution in [0.1, 0.15) is 13.8 Å². The summed E-state index contributed by atoms with van der Waals surface area (Å²) in [7, 11) is 0. The van der Waals surface area contributed by atoms with Gasteiger partial charge in [0, 0.05) is 32.4 Å². The molecule has 0 unspecified atom stereocenters. The zero-order valence-corrected chi connectivity index (χ0v) is 12.4. The minimum atomic E-state index is 0.641. The highest BCUT2D eigenvalue weighted by atomic mass is 127. The van der Waals surface area contributed by atoms with Crippen molar-refractivity contribution in [1.29, 1.82) is 0 Å². The van der Waals surface area contributed by atoms with E-state index in [9.17, 15) is 0 Å². The lowest BCUT2D eigenvalue weighted by Crippen LogP contribution is -2.03. The highest BCUT2D eigenvalue weighted by Crippen LogP contribution is 2.24. The van der Waals surface area contributed by atoms with Crippen molar-refractivity contribution in [3.05, 3.63) is 26.5 Å². The van der Waals surface area contributed by atoms with E-state index >= 15 is 0 Å². The van der Waals surface area contributed by atoms with Crippen molar-refractivity contribution in [3.8, 4) is 0 Å². The van der Waals surface area contributed by atoms with Crippen molar-refractivity contribution < 1.29 is 0 Å². The first kappa shape index (κ1) is 11.4. The van der Waals surface area contributed by atoms with Gasteiger partial charge in [0.1, 0.15) is 5.65 Å². The number of hydrogen-bond donors (Lipinski definition) is 0. The van der Waals surface area contributed by atoms with E-state index in [0.717, 1.165) is 16.7 Å². The highest BCUT2D eigenvalue weighted by Gasteiger charge is 2.08. The summed E-state index contributed by atoms with van der Waals surface area (Å²) in [6, 6.07) is 2.13. The lowest BCUT2D eigenvalue weighted by molar-refractivity contribution is 0.532. The molecule has 0 saturated heterocycles. The third kappa shape index (κ3) is 2.36. The number of aromatic nitrogens is 2. The Morgan fingerprint density at radius 3 is 2.93 bits per heavy atom. The molecule has 0 amide bonds. The first-order valence-corrected chi connectivity index (χ1v) is 6.75. The fraction of sp³-hybridized carbons (Fsp3) is 0.364. The van der Waals surface area contributed by atoms with Gasteiger partial charge in [0.25, 0.3) is 0 Å². The zero-order chi connectivity index (χ0) is 11.0. The lowest BCUT2D eigenvalue weighted by Gasteiger charge is -2.06. The molecule has 0 saturated carbocycles. The summed E-state index contributed by atoms with van der Waals surface area (Å²) in [5, 5.41) is 1.23. The number of pyridine rings is 1. The first-order chi connectivity index (χ1) is 7.08. The normalized spacial score (nSPS) is 11.5. The molecule has 0 aromatic carbocycles. The summed E-state index contributed by atoms with van der Waals surface area (Å²) in [6.45, 7) is 5.46. The van der Waals surface area contributed by atoms with Crippen LogP contribution in [0.3, 0.4) is 0 Å². The van der Waals surface area contributed by atoms with E-state index in [1.54, 1.807) is 0 Å². The predicted octanol–water partition coefficient (Wildman–Crippen LogP) is 4.06. The molecule has 2 nitrogen and oxygen atoms in total. The molecular formula is C11H12BrIN2. The van der Waals surface area contributed by atoms with Crippen molar-refractivity contribution >= 4 is 49.6 Å². The Hall–Kier alpha value is -0.100. The Bertz CT molecular complexity index is 491. The summed E-state index contributed by atoms with van der Waals surface area (Å²) in [5.41, 5.74) is 1.08. The average molecular weight is 379 g/mol. The van der Waals surface area contributed by atoms with Crippen LogP contribution < -0.4 is 0 Å². The quantitative estimate of drug-likeness (QED) is 0.720. The third-order valence-electron chi connectivity index (χ3n) is 2.19. The number of rotatable bonds is 2. The van der Waals surface area contributed by atoms with Crippen molar-refractivity contribution in [2.24, 2.45) is 5.92 Å². The lowest BCUT2D eigenvalue weighted by atomic mass is 10.2. The smallest absolute Gasteiger partial charge is 0.141 e. The molecular weight excluding hydrogens is 367 g/mol. The van der Waals surface area contributed by atoms with Gasteiger partial charge in [-0.15, -0.1) is 0 Å². The summed E-state index contributed by atoms with van der Waals surface area (Å²) in [6.07, 6.45) is 4.03. The molecule has 4 heteroatoms. The van der Waals surface area contributed by atoms with Crippen molar-refractivity contribution in [1.82, 2.24) is 9.55 Å². The molecule has 0 spiro atoms. The average Bonchev–Trinajstić information content (AvgIpc) is 2.42. The summed E-state index contributed by atoms with van der Waals surface area (Å²) < 4.78 is 4.53. The van der Waals surface area contributed by atoms with Gasteiger partial charge >= 0.3 is 0 Å². The molecule has 0 aliphatic rings. The van der Waals surface area contributed by atoms with E-state index in [2.05, 4.69) is 74.2 Å². The van der Waals surface area contributed by atoms with E-state index < -0.39 is 0 Å². The third-order valence-corrected chi connectivity index (χ3v) is 3.49. The topological polar surface area (TPSA) is 17.8 Å². The number of halogens is 2. The molecule has 2 aromatic rings. The fourth-order valence-corrected chi connectivity index (χ4v) is 2.70. The second-order valence-electron chi connectivity index (χ2n) is 4.05. The van der Waals surface area contributed by atoms with Gasteiger partial charge in [0.2, 0.25) is 0 Å². The minimum absolute atomic E-state index is 0.641. The van der Waals surface area contributed by atoms with Crippen LogP contribution in [-0.4, -0.2) is 9.55 Å². The van der Waals surface area contributed by atoms with E-state index in [4.69, 9.17) is 0 Å². The Morgan fingerprint density at radius 1 is 1.53 bits per heavy atom. The van der Waals surface area contributed by atoms with Gasteiger partial charge < -0.3 is 4.57 Å². The van der Waals surface area contributed by atoms with Crippen LogP contribution in [0.5, 0.6) is 0 Å². The van der Waals surface area contributed by atoms with Gasteiger partial charge in [-0.25, -0.2) is 4.98 Å². The molecule has 0 N–H and O–H groups in total. The molecule has 0 aliphatic heterocycles. The van der Waals surface area contributed by atoms with E-state index in [-0.39, 0.29) is 0 Å². The zero-order valence-electron chi connectivity index (χ0n) is 8.67.